The molecule has 0 aliphatic rings. The van der Waals surface area contributed by atoms with Gasteiger partial charge in [-0.15, -0.1) is 0 Å². The van der Waals surface area contributed by atoms with Crippen molar-refractivity contribution in [2.45, 2.75) is 13.8 Å². The van der Waals surface area contributed by atoms with Gasteiger partial charge in [-0.05, 0) is 43.2 Å². The fraction of sp³-hybridized carbons (Fsp3) is 0.188. The average molecular weight is 270 g/mol. The van der Waals surface area contributed by atoms with Crippen LogP contribution in [0.4, 0.5) is 11.4 Å². The predicted molar refractivity (Wildman–Crippen MR) is 81.3 cm³/mol. The monoisotopic (exact) mass is 270 g/mol. The summed E-state index contributed by atoms with van der Waals surface area (Å²) in [4.78, 5) is 12.3. The summed E-state index contributed by atoms with van der Waals surface area (Å²) in [7, 11) is 1.54. The van der Waals surface area contributed by atoms with Crippen molar-refractivity contribution in [3.8, 4) is 5.75 Å². The normalized spacial score (nSPS) is 10.2. The van der Waals surface area contributed by atoms with E-state index >= 15 is 0 Å². The van der Waals surface area contributed by atoms with E-state index in [4.69, 9.17) is 10.5 Å². The van der Waals surface area contributed by atoms with E-state index in [2.05, 4.69) is 5.32 Å². The van der Waals surface area contributed by atoms with Gasteiger partial charge in [0.05, 0.1) is 12.8 Å². The van der Waals surface area contributed by atoms with Crippen LogP contribution < -0.4 is 15.8 Å². The molecule has 4 nitrogen and oxygen atoms in total. The maximum atomic E-state index is 12.3. The highest BCUT2D eigenvalue weighted by atomic mass is 16.5. The molecule has 0 aromatic heterocycles. The molecule has 0 saturated heterocycles. The van der Waals surface area contributed by atoms with Crippen molar-refractivity contribution in [3.63, 3.8) is 0 Å². The summed E-state index contributed by atoms with van der Waals surface area (Å²) in [6, 6.07) is 10.8. The highest BCUT2D eigenvalue weighted by Gasteiger charge is 2.11. The molecule has 0 atom stereocenters. The number of methoxy groups -OCH3 is 1. The van der Waals surface area contributed by atoms with E-state index in [9.17, 15) is 4.79 Å². The van der Waals surface area contributed by atoms with Crippen LogP contribution in [-0.2, 0) is 0 Å². The molecule has 3 N–H and O–H groups in total. The Labute approximate surface area is 118 Å². The van der Waals surface area contributed by atoms with Crippen molar-refractivity contribution in [2.24, 2.45) is 0 Å². The van der Waals surface area contributed by atoms with E-state index in [1.54, 1.807) is 25.3 Å². The molecule has 0 spiro atoms. The zero-order valence-corrected chi connectivity index (χ0v) is 11.9. The number of rotatable bonds is 3. The number of hydrogen-bond acceptors (Lipinski definition) is 3. The Kier molecular flexibility index (Phi) is 3.94. The van der Waals surface area contributed by atoms with Gasteiger partial charge in [0, 0.05) is 17.3 Å². The lowest BCUT2D eigenvalue weighted by Gasteiger charge is -2.11. The lowest BCUT2D eigenvalue weighted by atomic mass is 10.0. The second-order valence-electron chi connectivity index (χ2n) is 4.66. The molecule has 4 heteroatoms. The van der Waals surface area contributed by atoms with Crippen LogP contribution in [0.15, 0.2) is 36.4 Å². The molecule has 2 aromatic carbocycles. The number of nitrogens with one attached hydrogen (secondary N) is 1. The number of nitrogen functional groups attached to an aromatic ring is 1. The predicted octanol–water partition coefficient (Wildman–Crippen LogP) is 3.15. The Morgan fingerprint density at radius 1 is 1.20 bits per heavy atom. The Bertz CT molecular complexity index is 651. The number of anilines is 2. The SMILES string of the molecule is COc1cc(NC(=O)c2cccc(C)c2C)ccc1N. The second-order valence-corrected chi connectivity index (χ2v) is 4.66. The summed E-state index contributed by atoms with van der Waals surface area (Å²) in [6.07, 6.45) is 0. The summed E-state index contributed by atoms with van der Waals surface area (Å²) >= 11 is 0. The van der Waals surface area contributed by atoms with Crippen molar-refractivity contribution in [2.75, 3.05) is 18.2 Å². The smallest absolute Gasteiger partial charge is 0.255 e. The topological polar surface area (TPSA) is 64.3 Å². The molecular formula is C16H18N2O2. The quantitative estimate of drug-likeness (QED) is 0.842. The summed E-state index contributed by atoms with van der Waals surface area (Å²) in [5.41, 5.74) is 9.68. The van der Waals surface area contributed by atoms with Crippen LogP contribution in [0.25, 0.3) is 0 Å². The Morgan fingerprint density at radius 3 is 2.65 bits per heavy atom. The average Bonchev–Trinajstić information content (AvgIpc) is 2.43. The van der Waals surface area contributed by atoms with Crippen molar-refractivity contribution in [1.82, 2.24) is 0 Å². The molecule has 0 fully saturated rings. The molecular weight excluding hydrogens is 252 g/mol. The molecule has 104 valence electrons. The summed E-state index contributed by atoms with van der Waals surface area (Å²) in [5.74, 6) is 0.404. The van der Waals surface area contributed by atoms with Gasteiger partial charge in [-0.2, -0.15) is 0 Å². The Balaban J connectivity index is 2.26. The first-order valence-corrected chi connectivity index (χ1v) is 6.34. The van der Waals surface area contributed by atoms with Crippen LogP contribution in [0, 0.1) is 13.8 Å². The third-order valence-corrected chi connectivity index (χ3v) is 3.34. The Morgan fingerprint density at radius 2 is 1.95 bits per heavy atom. The van der Waals surface area contributed by atoms with E-state index in [0.29, 0.717) is 22.7 Å². The molecule has 20 heavy (non-hydrogen) atoms. The number of aryl methyl sites for hydroxylation is 1. The summed E-state index contributed by atoms with van der Waals surface area (Å²) in [5, 5.41) is 2.85. The molecule has 0 radical (unpaired) electrons. The van der Waals surface area contributed by atoms with E-state index < -0.39 is 0 Å². The van der Waals surface area contributed by atoms with Crippen LogP contribution in [0.5, 0.6) is 5.75 Å². The summed E-state index contributed by atoms with van der Waals surface area (Å²) in [6.45, 7) is 3.92. The minimum atomic E-state index is -0.141. The molecule has 0 saturated carbocycles. The first-order chi connectivity index (χ1) is 9.52. The fourth-order valence-electron chi connectivity index (χ4n) is 1.98. The van der Waals surface area contributed by atoms with E-state index in [1.807, 2.05) is 32.0 Å². The van der Waals surface area contributed by atoms with Crippen molar-refractivity contribution >= 4 is 17.3 Å². The van der Waals surface area contributed by atoms with Gasteiger partial charge < -0.3 is 15.8 Å². The Hall–Kier alpha value is -2.49. The molecule has 0 aliphatic carbocycles. The number of ether oxygens (including phenoxy) is 1. The van der Waals surface area contributed by atoms with Crippen LogP contribution >= 0.6 is 0 Å². The van der Waals surface area contributed by atoms with E-state index in [-0.39, 0.29) is 5.91 Å². The van der Waals surface area contributed by atoms with Gasteiger partial charge in [-0.25, -0.2) is 0 Å². The zero-order valence-electron chi connectivity index (χ0n) is 11.9. The minimum absolute atomic E-state index is 0.141. The van der Waals surface area contributed by atoms with Gasteiger partial charge >= 0.3 is 0 Å². The first kappa shape index (κ1) is 13.9. The standard InChI is InChI=1S/C16H18N2O2/c1-10-5-4-6-13(11(10)2)16(19)18-12-7-8-14(17)15(9-12)20-3/h4-9H,17H2,1-3H3,(H,18,19). The third-order valence-electron chi connectivity index (χ3n) is 3.34. The number of benzene rings is 2. The molecule has 0 aliphatic heterocycles. The van der Waals surface area contributed by atoms with Crippen molar-refractivity contribution in [1.29, 1.82) is 0 Å². The molecule has 1 amide bonds. The number of nitrogens with two attached hydrogens (primary N) is 1. The van der Waals surface area contributed by atoms with Gasteiger partial charge in [-0.3, -0.25) is 4.79 Å². The van der Waals surface area contributed by atoms with Crippen LogP contribution in [0.3, 0.4) is 0 Å². The van der Waals surface area contributed by atoms with Crippen molar-refractivity contribution < 1.29 is 9.53 Å². The molecule has 0 heterocycles. The van der Waals surface area contributed by atoms with E-state index in [1.165, 1.54) is 0 Å². The van der Waals surface area contributed by atoms with Gasteiger partial charge in [-0.1, -0.05) is 12.1 Å². The maximum absolute atomic E-state index is 12.3. The van der Waals surface area contributed by atoms with E-state index in [0.717, 1.165) is 11.1 Å². The zero-order chi connectivity index (χ0) is 14.7. The lowest BCUT2D eigenvalue weighted by molar-refractivity contribution is 0.102. The van der Waals surface area contributed by atoms with Crippen LogP contribution in [0.2, 0.25) is 0 Å². The summed E-state index contributed by atoms with van der Waals surface area (Å²) < 4.78 is 5.14. The van der Waals surface area contributed by atoms with Gasteiger partial charge in [0.15, 0.2) is 0 Å². The largest absolute Gasteiger partial charge is 0.495 e. The maximum Gasteiger partial charge on any atom is 0.255 e. The second kappa shape index (κ2) is 5.65. The number of carbonyl (C=O) groups excluding carboxylic acids is 1. The highest BCUT2D eigenvalue weighted by Crippen LogP contribution is 2.25. The molecule has 0 bridgehead atoms. The minimum Gasteiger partial charge on any atom is -0.495 e. The van der Waals surface area contributed by atoms with Crippen LogP contribution in [0.1, 0.15) is 21.5 Å². The fourth-order valence-corrected chi connectivity index (χ4v) is 1.98. The highest BCUT2D eigenvalue weighted by molar-refractivity contribution is 6.05. The lowest BCUT2D eigenvalue weighted by Crippen LogP contribution is -2.14. The first-order valence-electron chi connectivity index (χ1n) is 6.34. The number of hydrogen-bond donors (Lipinski definition) is 2. The molecule has 2 rings (SSSR count). The number of amides is 1. The van der Waals surface area contributed by atoms with Crippen LogP contribution in [-0.4, -0.2) is 13.0 Å². The van der Waals surface area contributed by atoms with Crippen molar-refractivity contribution in [3.05, 3.63) is 53.1 Å². The van der Waals surface area contributed by atoms with Gasteiger partial charge in [0.25, 0.3) is 5.91 Å². The van der Waals surface area contributed by atoms with Gasteiger partial charge in [0.1, 0.15) is 5.75 Å². The third kappa shape index (κ3) is 2.74. The van der Waals surface area contributed by atoms with Gasteiger partial charge in [0.2, 0.25) is 0 Å². The molecule has 0 unspecified atom stereocenters. The number of carbonyl (C=O) groups is 1. The molecule has 2 aromatic rings.